The summed E-state index contributed by atoms with van der Waals surface area (Å²) in [4.78, 5) is 12.5. The van der Waals surface area contributed by atoms with E-state index in [4.69, 9.17) is 20.8 Å². The zero-order chi connectivity index (χ0) is 13.6. The molecule has 0 atom stereocenters. The Labute approximate surface area is 121 Å². The average molecular weight is 340 g/mol. The Morgan fingerprint density at radius 3 is 2.79 bits per heavy atom. The monoisotopic (exact) mass is 338 g/mol. The van der Waals surface area contributed by atoms with E-state index in [1.807, 2.05) is 0 Å². The van der Waals surface area contributed by atoms with Gasteiger partial charge in [-0.3, -0.25) is 4.79 Å². The smallest absolute Gasteiger partial charge is 0.204 e. The molecule has 0 fully saturated rings. The van der Waals surface area contributed by atoms with E-state index < -0.39 is 0 Å². The van der Waals surface area contributed by atoms with E-state index in [0.29, 0.717) is 32.7 Å². The second-order valence-electron chi connectivity index (χ2n) is 4.03. The highest BCUT2D eigenvalue weighted by Crippen LogP contribution is 2.32. The topological polar surface area (TPSA) is 39.4 Å². The lowest BCUT2D eigenvalue weighted by molar-refractivity contribution is 0.419. The van der Waals surface area contributed by atoms with Crippen molar-refractivity contribution in [3.8, 4) is 5.75 Å². The zero-order valence-corrected chi connectivity index (χ0v) is 12.2. The van der Waals surface area contributed by atoms with Gasteiger partial charge in [-0.1, -0.05) is 27.5 Å². The molecule has 0 aliphatic rings. The Morgan fingerprint density at radius 1 is 1.26 bits per heavy atom. The van der Waals surface area contributed by atoms with Crippen LogP contribution in [0.2, 0.25) is 5.02 Å². The maximum atomic E-state index is 12.5. The molecule has 0 spiro atoms. The molecule has 5 heteroatoms. The number of hydrogen-bond donors (Lipinski definition) is 0. The van der Waals surface area contributed by atoms with E-state index in [-0.39, 0.29) is 5.43 Å². The molecule has 3 rings (SSSR count). The van der Waals surface area contributed by atoms with E-state index in [1.54, 1.807) is 30.3 Å². The van der Waals surface area contributed by atoms with Crippen LogP contribution >= 0.6 is 27.5 Å². The van der Waals surface area contributed by atoms with Gasteiger partial charge in [-0.05, 0) is 30.3 Å². The number of methoxy groups -OCH3 is 1. The van der Waals surface area contributed by atoms with Crippen molar-refractivity contribution in [3.63, 3.8) is 0 Å². The molecular weight excluding hydrogens is 332 g/mol. The summed E-state index contributed by atoms with van der Waals surface area (Å²) in [6.45, 7) is 0. The number of benzene rings is 2. The van der Waals surface area contributed by atoms with Crippen LogP contribution in [0.4, 0.5) is 0 Å². The minimum absolute atomic E-state index is 0.150. The van der Waals surface area contributed by atoms with Gasteiger partial charge in [-0.15, -0.1) is 0 Å². The minimum Gasteiger partial charge on any atom is -0.496 e. The molecule has 19 heavy (non-hydrogen) atoms. The molecule has 0 aliphatic carbocycles. The van der Waals surface area contributed by atoms with E-state index in [1.165, 1.54) is 7.11 Å². The highest BCUT2D eigenvalue weighted by Gasteiger charge is 2.14. The summed E-state index contributed by atoms with van der Waals surface area (Å²) in [6.07, 6.45) is 0. The van der Waals surface area contributed by atoms with Gasteiger partial charge in [0.15, 0.2) is 5.58 Å². The maximum absolute atomic E-state index is 12.5. The van der Waals surface area contributed by atoms with Crippen molar-refractivity contribution in [2.75, 3.05) is 7.11 Å². The van der Waals surface area contributed by atoms with Gasteiger partial charge in [-0.2, -0.15) is 0 Å². The zero-order valence-electron chi connectivity index (χ0n) is 9.87. The van der Waals surface area contributed by atoms with Crippen LogP contribution in [-0.2, 0) is 0 Å². The van der Waals surface area contributed by atoms with Crippen LogP contribution in [0.1, 0.15) is 0 Å². The minimum atomic E-state index is -0.150. The second-order valence-corrected chi connectivity index (χ2v) is 5.35. The lowest BCUT2D eigenvalue weighted by atomic mass is 10.1. The number of ether oxygens (including phenoxy) is 1. The molecule has 0 radical (unpaired) electrons. The summed E-state index contributed by atoms with van der Waals surface area (Å²) in [7, 11) is 1.51. The third kappa shape index (κ3) is 1.91. The third-order valence-corrected chi connectivity index (χ3v) is 3.71. The van der Waals surface area contributed by atoms with Crippen molar-refractivity contribution in [2.45, 2.75) is 0 Å². The molecule has 0 unspecified atom stereocenters. The van der Waals surface area contributed by atoms with Crippen molar-refractivity contribution in [1.29, 1.82) is 0 Å². The van der Waals surface area contributed by atoms with Gasteiger partial charge in [0, 0.05) is 4.47 Å². The quantitative estimate of drug-likeness (QED) is 0.618. The molecule has 0 amide bonds. The first-order valence-electron chi connectivity index (χ1n) is 5.50. The van der Waals surface area contributed by atoms with Gasteiger partial charge in [0.2, 0.25) is 5.43 Å². The Hall–Kier alpha value is -1.52. The van der Waals surface area contributed by atoms with Crippen LogP contribution in [0.3, 0.4) is 0 Å². The number of fused-ring (bicyclic) bond motifs is 2. The SMILES string of the molecule is COc1ccc(Cl)c2oc3cc(Br)ccc3c(=O)c12. The van der Waals surface area contributed by atoms with Crippen LogP contribution in [0.25, 0.3) is 21.9 Å². The molecule has 1 heterocycles. The van der Waals surface area contributed by atoms with Gasteiger partial charge in [0.1, 0.15) is 16.7 Å². The predicted molar refractivity (Wildman–Crippen MR) is 79.3 cm³/mol. The fourth-order valence-corrected chi connectivity index (χ4v) is 2.57. The summed E-state index contributed by atoms with van der Waals surface area (Å²) in [5, 5.41) is 1.25. The molecule has 0 N–H and O–H groups in total. The first-order valence-corrected chi connectivity index (χ1v) is 6.67. The second kappa shape index (κ2) is 4.54. The first kappa shape index (κ1) is 12.5. The highest BCUT2D eigenvalue weighted by molar-refractivity contribution is 9.10. The molecule has 0 saturated heterocycles. The normalized spacial score (nSPS) is 11.1. The van der Waals surface area contributed by atoms with E-state index in [9.17, 15) is 4.79 Å². The van der Waals surface area contributed by atoms with Gasteiger partial charge >= 0.3 is 0 Å². The number of rotatable bonds is 1. The van der Waals surface area contributed by atoms with Crippen LogP contribution in [0.5, 0.6) is 5.75 Å². The Kier molecular flexibility index (Phi) is 2.99. The molecule has 3 nitrogen and oxygen atoms in total. The van der Waals surface area contributed by atoms with E-state index in [2.05, 4.69) is 15.9 Å². The Balaban J connectivity index is 2.61. The molecule has 1 aromatic heterocycles. The first-order chi connectivity index (χ1) is 9.11. The molecule has 0 saturated carbocycles. The lowest BCUT2D eigenvalue weighted by Gasteiger charge is -2.07. The van der Waals surface area contributed by atoms with Crippen molar-refractivity contribution in [1.82, 2.24) is 0 Å². The summed E-state index contributed by atoms with van der Waals surface area (Å²) in [5.41, 5.74) is 0.682. The molecule has 96 valence electrons. The maximum Gasteiger partial charge on any atom is 0.204 e. The van der Waals surface area contributed by atoms with Crippen molar-refractivity contribution in [3.05, 3.63) is 50.1 Å². The summed E-state index contributed by atoms with van der Waals surface area (Å²) in [5.74, 6) is 0.456. The fourth-order valence-electron chi connectivity index (χ4n) is 2.04. The molecule has 2 aromatic carbocycles. The van der Waals surface area contributed by atoms with Gasteiger partial charge in [0.25, 0.3) is 0 Å². The molecular formula is C14H8BrClO3. The number of halogens is 2. The molecule has 0 aliphatic heterocycles. The highest BCUT2D eigenvalue weighted by atomic mass is 79.9. The fraction of sp³-hybridized carbons (Fsp3) is 0.0714. The standard InChI is InChI=1S/C14H8BrClO3/c1-18-10-5-4-9(16)14-12(10)13(17)8-3-2-7(15)6-11(8)19-14/h2-6H,1H3. The predicted octanol–water partition coefficient (Wildman–Crippen LogP) is 4.37. The average Bonchev–Trinajstić information content (AvgIpc) is 2.40. The van der Waals surface area contributed by atoms with E-state index in [0.717, 1.165) is 4.47 Å². The van der Waals surface area contributed by atoms with Crippen molar-refractivity contribution < 1.29 is 9.15 Å². The molecule has 0 bridgehead atoms. The summed E-state index contributed by atoms with van der Waals surface area (Å²) in [6, 6.07) is 8.56. The summed E-state index contributed by atoms with van der Waals surface area (Å²) >= 11 is 9.45. The lowest BCUT2D eigenvalue weighted by Crippen LogP contribution is -2.04. The molecule has 3 aromatic rings. The van der Waals surface area contributed by atoms with Crippen molar-refractivity contribution in [2.24, 2.45) is 0 Å². The van der Waals surface area contributed by atoms with Gasteiger partial charge in [0.05, 0.1) is 17.5 Å². The largest absolute Gasteiger partial charge is 0.496 e. The van der Waals surface area contributed by atoms with Crippen LogP contribution in [-0.4, -0.2) is 7.11 Å². The van der Waals surface area contributed by atoms with E-state index >= 15 is 0 Å². The number of hydrogen-bond acceptors (Lipinski definition) is 3. The Morgan fingerprint density at radius 2 is 2.05 bits per heavy atom. The van der Waals surface area contributed by atoms with Gasteiger partial charge < -0.3 is 9.15 Å². The third-order valence-electron chi connectivity index (χ3n) is 2.92. The van der Waals surface area contributed by atoms with Crippen LogP contribution in [0.15, 0.2) is 44.0 Å². The van der Waals surface area contributed by atoms with Gasteiger partial charge in [-0.25, -0.2) is 0 Å². The summed E-state index contributed by atoms with van der Waals surface area (Å²) < 4.78 is 11.8. The van der Waals surface area contributed by atoms with Crippen molar-refractivity contribution >= 4 is 49.5 Å². The Bertz CT molecular complexity index is 855. The van der Waals surface area contributed by atoms with Crippen LogP contribution < -0.4 is 10.2 Å². The van der Waals surface area contributed by atoms with Crippen LogP contribution in [0, 0.1) is 0 Å².